The van der Waals surface area contributed by atoms with Gasteiger partial charge in [0.15, 0.2) is 0 Å². The van der Waals surface area contributed by atoms with Crippen LogP contribution in [0.2, 0.25) is 0 Å². The summed E-state index contributed by atoms with van der Waals surface area (Å²) < 4.78 is 10.5. The van der Waals surface area contributed by atoms with E-state index in [1.807, 2.05) is 36.4 Å². The minimum absolute atomic E-state index is 0.532. The van der Waals surface area contributed by atoms with Crippen molar-refractivity contribution in [3.63, 3.8) is 0 Å². The SMILES string of the molecule is CO[C](OC)c1ccccc1-c1ccccc1. The standard InChI is InChI=1S/C15H15O2/c1-16-15(17-2)14-11-7-6-10-13(14)12-8-4-3-5-9-12/h3-11H,1-2H3. The second-order valence-electron chi connectivity index (χ2n) is 3.61. The average Bonchev–Trinajstić information content (AvgIpc) is 2.42. The highest BCUT2D eigenvalue weighted by atomic mass is 16.7. The zero-order chi connectivity index (χ0) is 12.1. The molecule has 0 bridgehead atoms. The van der Waals surface area contributed by atoms with Gasteiger partial charge in [0, 0.05) is 19.8 Å². The number of rotatable bonds is 4. The highest BCUT2D eigenvalue weighted by molar-refractivity contribution is 5.69. The highest BCUT2D eigenvalue weighted by Crippen LogP contribution is 2.29. The van der Waals surface area contributed by atoms with Crippen LogP contribution in [0.25, 0.3) is 11.1 Å². The van der Waals surface area contributed by atoms with Gasteiger partial charge >= 0.3 is 0 Å². The Bertz CT molecular complexity index is 461. The van der Waals surface area contributed by atoms with Crippen molar-refractivity contribution >= 4 is 0 Å². The maximum Gasteiger partial charge on any atom is 0.256 e. The molecule has 0 fully saturated rings. The van der Waals surface area contributed by atoms with Crippen molar-refractivity contribution in [3.8, 4) is 11.1 Å². The summed E-state index contributed by atoms with van der Waals surface area (Å²) in [6, 6.07) is 18.2. The Labute approximate surface area is 102 Å². The number of hydrogen-bond acceptors (Lipinski definition) is 2. The van der Waals surface area contributed by atoms with E-state index in [2.05, 4.69) is 18.2 Å². The van der Waals surface area contributed by atoms with E-state index in [9.17, 15) is 0 Å². The van der Waals surface area contributed by atoms with Crippen LogP contribution in [0.3, 0.4) is 0 Å². The zero-order valence-electron chi connectivity index (χ0n) is 10.0. The lowest BCUT2D eigenvalue weighted by Gasteiger charge is -2.15. The Kier molecular flexibility index (Phi) is 3.91. The van der Waals surface area contributed by atoms with Gasteiger partial charge < -0.3 is 9.47 Å². The lowest BCUT2D eigenvalue weighted by Crippen LogP contribution is -2.06. The van der Waals surface area contributed by atoms with Crippen LogP contribution in [0.1, 0.15) is 5.56 Å². The molecule has 0 atom stereocenters. The molecular formula is C15H15O2. The van der Waals surface area contributed by atoms with Crippen molar-refractivity contribution in [3.05, 3.63) is 66.5 Å². The van der Waals surface area contributed by atoms with Crippen molar-refractivity contribution in [1.82, 2.24) is 0 Å². The van der Waals surface area contributed by atoms with Crippen LogP contribution in [0.5, 0.6) is 0 Å². The predicted octanol–water partition coefficient (Wildman–Crippen LogP) is 3.48. The lowest BCUT2D eigenvalue weighted by atomic mass is 9.99. The Morgan fingerprint density at radius 3 is 2.00 bits per heavy atom. The molecule has 17 heavy (non-hydrogen) atoms. The smallest absolute Gasteiger partial charge is 0.256 e. The summed E-state index contributed by atoms with van der Waals surface area (Å²) in [6.07, 6.45) is 0.532. The molecular weight excluding hydrogens is 212 g/mol. The van der Waals surface area contributed by atoms with Gasteiger partial charge in [-0.25, -0.2) is 0 Å². The van der Waals surface area contributed by atoms with E-state index in [-0.39, 0.29) is 0 Å². The molecule has 2 rings (SSSR count). The first-order valence-electron chi connectivity index (χ1n) is 5.46. The molecule has 0 aliphatic heterocycles. The molecule has 2 aromatic carbocycles. The largest absolute Gasteiger partial charge is 0.345 e. The van der Waals surface area contributed by atoms with E-state index in [0.717, 1.165) is 16.7 Å². The van der Waals surface area contributed by atoms with Gasteiger partial charge in [0.1, 0.15) is 0 Å². The first-order chi connectivity index (χ1) is 8.36. The summed E-state index contributed by atoms with van der Waals surface area (Å²) in [4.78, 5) is 0. The van der Waals surface area contributed by atoms with Gasteiger partial charge in [-0.3, -0.25) is 0 Å². The summed E-state index contributed by atoms with van der Waals surface area (Å²) in [7, 11) is 3.22. The van der Waals surface area contributed by atoms with Crippen molar-refractivity contribution in [2.24, 2.45) is 0 Å². The molecule has 0 saturated heterocycles. The normalized spacial score (nSPS) is 10.8. The summed E-state index contributed by atoms with van der Waals surface area (Å²) in [6.45, 7) is 0. The molecule has 0 unspecified atom stereocenters. The minimum Gasteiger partial charge on any atom is -0.345 e. The monoisotopic (exact) mass is 227 g/mol. The Morgan fingerprint density at radius 2 is 1.35 bits per heavy atom. The van der Waals surface area contributed by atoms with Crippen LogP contribution in [-0.4, -0.2) is 14.2 Å². The minimum atomic E-state index is 0.532. The molecule has 0 aliphatic rings. The fraction of sp³-hybridized carbons (Fsp3) is 0.133. The molecule has 87 valence electrons. The Morgan fingerprint density at radius 1 is 0.765 bits per heavy atom. The Balaban J connectivity index is 2.48. The first-order valence-corrected chi connectivity index (χ1v) is 5.46. The number of hydrogen-bond donors (Lipinski definition) is 0. The zero-order valence-corrected chi connectivity index (χ0v) is 10.0. The van der Waals surface area contributed by atoms with Gasteiger partial charge in [-0.15, -0.1) is 0 Å². The van der Waals surface area contributed by atoms with E-state index in [0.29, 0.717) is 6.29 Å². The molecule has 2 aromatic rings. The van der Waals surface area contributed by atoms with Gasteiger partial charge in [-0.05, 0) is 11.1 Å². The van der Waals surface area contributed by atoms with Crippen LogP contribution in [0.4, 0.5) is 0 Å². The first kappa shape index (κ1) is 11.8. The highest BCUT2D eigenvalue weighted by Gasteiger charge is 2.16. The van der Waals surface area contributed by atoms with E-state index in [4.69, 9.17) is 9.47 Å². The number of ether oxygens (including phenoxy) is 2. The van der Waals surface area contributed by atoms with Crippen LogP contribution in [-0.2, 0) is 9.47 Å². The predicted molar refractivity (Wildman–Crippen MR) is 68.2 cm³/mol. The number of benzene rings is 2. The van der Waals surface area contributed by atoms with Gasteiger partial charge in [0.25, 0.3) is 6.29 Å². The topological polar surface area (TPSA) is 18.5 Å². The third-order valence-electron chi connectivity index (χ3n) is 2.60. The summed E-state index contributed by atoms with van der Waals surface area (Å²) in [5, 5.41) is 0. The van der Waals surface area contributed by atoms with E-state index in [1.165, 1.54) is 0 Å². The third-order valence-corrected chi connectivity index (χ3v) is 2.60. The second kappa shape index (κ2) is 5.62. The van der Waals surface area contributed by atoms with Gasteiger partial charge in [-0.2, -0.15) is 0 Å². The lowest BCUT2D eigenvalue weighted by molar-refractivity contribution is 0.0272. The van der Waals surface area contributed by atoms with E-state index < -0.39 is 0 Å². The average molecular weight is 227 g/mol. The van der Waals surface area contributed by atoms with E-state index >= 15 is 0 Å². The molecule has 0 aromatic heterocycles. The molecule has 0 heterocycles. The summed E-state index contributed by atoms with van der Waals surface area (Å²) in [5.41, 5.74) is 3.21. The van der Waals surface area contributed by atoms with Crippen LogP contribution >= 0.6 is 0 Å². The molecule has 0 N–H and O–H groups in total. The van der Waals surface area contributed by atoms with Crippen LogP contribution in [0.15, 0.2) is 54.6 Å². The quantitative estimate of drug-likeness (QED) is 0.796. The molecule has 0 aliphatic carbocycles. The summed E-state index contributed by atoms with van der Waals surface area (Å²) >= 11 is 0. The van der Waals surface area contributed by atoms with Crippen LogP contribution < -0.4 is 0 Å². The molecule has 0 saturated carbocycles. The summed E-state index contributed by atoms with van der Waals surface area (Å²) in [5.74, 6) is 0. The van der Waals surface area contributed by atoms with Gasteiger partial charge in [0.05, 0.1) is 0 Å². The third kappa shape index (κ3) is 2.54. The molecule has 0 amide bonds. The maximum atomic E-state index is 5.24. The van der Waals surface area contributed by atoms with Crippen molar-refractivity contribution in [2.75, 3.05) is 14.2 Å². The molecule has 2 heteroatoms. The van der Waals surface area contributed by atoms with E-state index in [1.54, 1.807) is 14.2 Å². The second-order valence-corrected chi connectivity index (χ2v) is 3.61. The fourth-order valence-corrected chi connectivity index (χ4v) is 1.83. The van der Waals surface area contributed by atoms with Crippen LogP contribution in [0, 0.1) is 6.29 Å². The van der Waals surface area contributed by atoms with Crippen molar-refractivity contribution in [2.45, 2.75) is 0 Å². The fourth-order valence-electron chi connectivity index (χ4n) is 1.83. The van der Waals surface area contributed by atoms with Gasteiger partial charge in [0.2, 0.25) is 0 Å². The Hall–Kier alpha value is -1.64. The van der Waals surface area contributed by atoms with Crippen molar-refractivity contribution in [1.29, 1.82) is 0 Å². The number of methoxy groups -OCH3 is 2. The molecule has 2 nitrogen and oxygen atoms in total. The van der Waals surface area contributed by atoms with Crippen molar-refractivity contribution < 1.29 is 9.47 Å². The molecule has 1 radical (unpaired) electrons. The maximum absolute atomic E-state index is 5.24. The molecule has 0 spiro atoms. The van der Waals surface area contributed by atoms with Gasteiger partial charge in [-0.1, -0.05) is 54.6 Å².